The van der Waals surface area contributed by atoms with Gasteiger partial charge in [0.2, 0.25) is 5.89 Å². The van der Waals surface area contributed by atoms with Crippen LogP contribution in [0.15, 0.2) is 40.8 Å². The fraction of sp³-hybridized carbons (Fsp3) is 0.143. The molecule has 1 aromatic carbocycles. The fourth-order valence-corrected chi connectivity index (χ4v) is 1.87. The van der Waals surface area contributed by atoms with E-state index in [0.717, 1.165) is 17.0 Å². The van der Waals surface area contributed by atoms with Gasteiger partial charge in [0.25, 0.3) is 0 Å². The van der Waals surface area contributed by atoms with Crippen LogP contribution in [0.25, 0.3) is 22.5 Å². The van der Waals surface area contributed by atoms with Gasteiger partial charge in [0.05, 0.1) is 19.3 Å². The van der Waals surface area contributed by atoms with E-state index in [2.05, 4.69) is 9.97 Å². The van der Waals surface area contributed by atoms with E-state index in [9.17, 15) is 0 Å². The van der Waals surface area contributed by atoms with Crippen LogP contribution in [0.5, 0.6) is 5.75 Å². The van der Waals surface area contributed by atoms with E-state index in [1.165, 1.54) is 0 Å². The van der Waals surface area contributed by atoms with Crippen molar-refractivity contribution in [3.63, 3.8) is 0 Å². The van der Waals surface area contributed by atoms with Crippen molar-refractivity contribution in [1.29, 1.82) is 0 Å². The van der Waals surface area contributed by atoms with Gasteiger partial charge in [-0.3, -0.25) is 0 Å². The minimum Gasteiger partial charge on any atom is -0.497 e. The van der Waals surface area contributed by atoms with Gasteiger partial charge in [-0.05, 0) is 36.4 Å². The molecule has 3 aromatic rings. The molecule has 0 saturated heterocycles. The first-order valence-electron chi connectivity index (χ1n) is 5.91. The molecule has 5 heteroatoms. The minimum atomic E-state index is 0.272. The highest BCUT2D eigenvalue weighted by atomic mass is 16.5. The van der Waals surface area contributed by atoms with E-state index in [0.29, 0.717) is 17.1 Å². The number of benzene rings is 1. The predicted molar refractivity (Wildman–Crippen MR) is 71.7 cm³/mol. The Kier molecular flexibility index (Phi) is 2.89. The third-order valence-corrected chi connectivity index (χ3v) is 2.86. The lowest BCUT2D eigenvalue weighted by molar-refractivity contribution is 0.415. The van der Waals surface area contributed by atoms with Crippen molar-refractivity contribution >= 4 is 11.2 Å². The number of hydrogen-bond acceptors (Lipinski definition) is 5. The molecule has 2 heterocycles. The largest absolute Gasteiger partial charge is 0.497 e. The van der Waals surface area contributed by atoms with Crippen molar-refractivity contribution in [2.24, 2.45) is 5.73 Å². The standard InChI is InChI=1S/C14H13N3O2/c1-18-10-4-2-9(3-5-10)11-6-7-12-14(16-11)17-13(8-15)19-12/h2-7H,8,15H2,1H3. The first kappa shape index (κ1) is 11.7. The van der Waals surface area contributed by atoms with Crippen LogP contribution in [0, 0.1) is 0 Å². The SMILES string of the molecule is COc1ccc(-c2ccc3oc(CN)nc3n2)cc1. The maximum atomic E-state index is 5.50. The van der Waals surface area contributed by atoms with Crippen LogP contribution < -0.4 is 10.5 Å². The summed E-state index contributed by atoms with van der Waals surface area (Å²) in [6, 6.07) is 11.5. The molecule has 0 atom stereocenters. The Morgan fingerprint density at radius 3 is 2.58 bits per heavy atom. The smallest absolute Gasteiger partial charge is 0.210 e. The lowest BCUT2D eigenvalue weighted by Crippen LogP contribution is -1.95. The minimum absolute atomic E-state index is 0.272. The van der Waals surface area contributed by atoms with Crippen molar-refractivity contribution in [2.75, 3.05) is 7.11 Å². The third kappa shape index (κ3) is 2.15. The van der Waals surface area contributed by atoms with Crippen LogP contribution in [0.2, 0.25) is 0 Å². The molecule has 2 N–H and O–H groups in total. The molecular formula is C14H13N3O2. The van der Waals surface area contributed by atoms with Crippen LogP contribution in [-0.2, 0) is 6.54 Å². The van der Waals surface area contributed by atoms with Crippen molar-refractivity contribution < 1.29 is 9.15 Å². The average molecular weight is 255 g/mol. The molecule has 0 aliphatic carbocycles. The molecule has 19 heavy (non-hydrogen) atoms. The van der Waals surface area contributed by atoms with Gasteiger partial charge in [-0.15, -0.1) is 0 Å². The number of ether oxygens (including phenoxy) is 1. The summed E-state index contributed by atoms with van der Waals surface area (Å²) in [6.45, 7) is 0.272. The number of pyridine rings is 1. The van der Waals surface area contributed by atoms with Crippen molar-refractivity contribution in [2.45, 2.75) is 6.54 Å². The Balaban J connectivity index is 2.03. The van der Waals surface area contributed by atoms with Crippen molar-refractivity contribution in [1.82, 2.24) is 9.97 Å². The average Bonchev–Trinajstić information content (AvgIpc) is 2.89. The van der Waals surface area contributed by atoms with Gasteiger partial charge in [0.15, 0.2) is 11.2 Å². The van der Waals surface area contributed by atoms with E-state index in [1.54, 1.807) is 7.11 Å². The van der Waals surface area contributed by atoms with Crippen LogP contribution >= 0.6 is 0 Å². The molecule has 0 saturated carbocycles. The molecule has 3 rings (SSSR count). The van der Waals surface area contributed by atoms with E-state index in [-0.39, 0.29) is 6.54 Å². The fourth-order valence-electron chi connectivity index (χ4n) is 1.87. The van der Waals surface area contributed by atoms with Gasteiger partial charge in [0.1, 0.15) is 5.75 Å². The van der Waals surface area contributed by atoms with Gasteiger partial charge in [-0.1, -0.05) is 0 Å². The number of aromatic nitrogens is 2. The molecule has 0 aliphatic heterocycles. The molecule has 96 valence electrons. The Hall–Kier alpha value is -2.40. The number of rotatable bonds is 3. The number of fused-ring (bicyclic) bond motifs is 1. The first-order chi connectivity index (χ1) is 9.30. The second kappa shape index (κ2) is 4.70. The molecule has 0 unspecified atom stereocenters. The Morgan fingerprint density at radius 1 is 1.11 bits per heavy atom. The van der Waals surface area contributed by atoms with Crippen LogP contribution in [-0.4, -0.2) is 17.1 Å². The molecular weight excluding hydrogens is 242 g/mol. The molecule has 0 aliphatic rings. The topological polar surface area (TPSA) is 74.2 Å². The summed E-state index contributed by atoms with van der Waals surface area (Å²) < 4.78 is 10.6. The summed E-state index contributed by atoms with van der Waals surface area (Å²) in [5, 5.41) is 0. The zero-order valence-corrected chi connectivity index (χ0v) is 10.5. The lowest BCUT2D eigenvalue weighted by atomic mass is 10.1. The number of oxazole rings is 1. The van der Waals surface area contributed by atoms with E-state index < -0.39 is 0 Å². The van der Waals surface area contributed by atoms with E-state index >= 15 is 0 Å². The number of nitrogens with two attached hydrogens (primary N) is 1. The molecule has 0 spiro atoms. The summed E-state index contributed by atoms with van der Waals surface area (Å²) in [6.07, 6.45) is 0. The van der Waals surface area contributed by atoms with Crippen molar-refractivity contribution in [3.8, 4) is 17.0 Å². The van der Waals surface area contributed by atoms with Gasteiger partial charge in [-0.25, -0.2) is 4.98 Å². The highest BCUT2D eigenvalue weighted by Crippen LogP contribution is 2.23. The Bertz CT molecular complexity index is 704. The monoisotopic (exact) mass is 255 g/mol. The lowest BCUT2D eigenvalue weighted by Gasteiger charge is -2.02. The normalized spacial score (nSPS) is 10.8. The zero-order valence-electron chi connectivity index (χ0n) is 10.5. The number of nitrogens with zero attached hydrogens (tertiary/aromatic N) is 2. The quantitative estimate of drug-likeness (QED) is 0.777. The first-order valence-corrected chi connectivity index (χ1v) is 5.91. The Labute approximate surface area is 110 Å². The maximum absolute atomic E-state index is 5.50. The van der Waals surface area contributed by atoms with Gasteiger partial charge in [0, 0.05) is 5.56 Å². The van der Waals surface area contributed by atoms with E-state index in [4.69, 9.17) is 14.9 Å². The molecule has 0 fully saturated rings. The molecule has 5 nitrogen and oxygen atoms in total. The van der Waals surface area contributed by atoms with Crippen LogP contribution in [0.4, 0.5) is 0 Å². The molecule has 0 amide bonds. The third-order valence-electron chi connectivity index (χ3n) is 2.86. The number of hydrogen-bond donors (Lipinski definition) is 1. The molecule has 2 aromatic heterocycles. The van der Waals surface area contributed by atoms with E-state index in [1.807, 2.05) is 36.4 Å². The summed E-state index contributed by atoms with van der Waals surface area (Å²) >= 11 is 0. The van der Waals surface area contributed by atoms with Gasteiger partial charge < -0.3 is 14.9 Å². The summed E-state index contributed by atoms with van der Waals surface area (Å²) in [4.78, 5) is 8.69. The second-order valence-electron chi connectivity index (χ2n) is 4.06. The number of methoxy groups -OCH3 is 1. The summed E-state index contributed by atoms with van der Waals surface area (Å²) in [5.74, 6) is 1.31. The molecule has 0 radical (unpaired) electrons. The van der Waals surface area contributed by atoms with Gasteiger partial charge >= 0.3 is 0 Å². The molecule has 0 bridgehead atoms. The van der Waals surface area contributed by atoms with Gasteiger partial charge in [-0.2, -0.15) is 4.98 Å². The van der Waals surface area contributed by atoms with Crippen LogP contribution in [0.3, 0.4) is 0 Å². The summed E-state index contributed by atoms with van der Waals surface area (Å²) in [5.41, 5.74) is 8.56. The zero-order chi connectivity index (χ0) is 13.2. The second-order valence-corrected chi connectivity index (χ2v) is 4.06. The predicted octanol–water partition coefficient (Wildman–Crippen LogP) is 2.36. The highest BCUT2D eigenvalue weighted by molar-refractivity contribution is 5.73. The highest BCUT2D eigenvalue weighted by Gasteiger charge is 2.07. The van der Waals surface area contributed by atoms with Crippen LogP contribution in [0.1, 0.15) is 5.89 Å². The van der Waals surface area contributed by atoms with Crippen molar-refractivity contribution in [3.05, 3.63) is 42.3 Å². The summed E-state index contributed by atoms with van der Waals surface area (Å²) in [7, 11) is 1.64. The Morgan fingerprint density at radius 2 is 1.89 bits per heavy atom. The maximum Gasteiger partial charge on any atom is 0.210 e.